The molecule has 7 heteroatoms. The molecule has 0 amide bonds. The zero-order valence-electron chi connectivity index (χ0n) is 10.4. The molecule has 95 valence electrons. The standard InChI is InChI=1S/C10H16N3O3S/c1-8-7-9(2)12-10(11-8)16-5-6-17(14,15)13(3)4/h5-6H2,1-4H3. The average Bonchev–Trinajstić information content (AvgIpc) is 2.15. The summed E-state index contributed by atoms with van der Waals surface area (Å²) in [4.78, 5) is 8.00. The normalized spacial score (nSPS) is 11.8. The quantitative estimate of drug-likeness (QED) is 0.752. The molecule has 1 aromatic rings. The van der Waals surface area contributed by atoms with Crippen LogP contribution in [0.25, 0.3) is 0 Å². The van der Waals surface area contributed by atoms with Crippen molar-refractivity contribution < 1.29 is 13.2 Å². The molecule has 0 atom stereocenters. The maximum Gasteiger partial charge on any atom is 0.316 e. The summed E-state index contributed by atoms with van der Waals surface area (Å²) >= 11 is 0. The van der Waals surface area contributed by atoms with E-state index in [4.69, 9.17) is 4.74 Å². The van der Waals surface area contributed by atoms with Crippen molar-refractivity contribution in [3.8, 4) is 6.01 Å². The van der Waals surface area contributed by atoms with E-state index in [0.717, 1.165) is 4.31 Å². The third-order valence-electron chi connectivity index (χ3n) is 2.02. The predicted octanol–water partition coefficient (Wildman–Crippen LogP) is 0.164. The highest BCUT2D eigenvalue weighted by Crippen LogP contribution is 2.05. The van der Waals surface area contributed by atoms with Gasteiger partial charge in [0.1, 0.15) is 6.61 Å². The topological polar surface area (TPSA) is 72.4 Å². The summed E-state index contributed by atoms with van der Waals surface area (Å²) in [5, 5.41) is 0. The first-order valence-electron chi connectivity index (χ1n) is 5.09. The monoisotopic (exact) mass is 258 g/mol. The van der Waals surface area contributed by atoms with E-state index in [0.29, 0.717) is 11.4 Å². The molecule has 0 fully saturated rings. The molecule has 0 spiro atoms. The molecule has 0 unspecified atom stereocenters. The minimum absolute atomic E-state index is 0.0312. The van der Waals surface area contributed by atoms with Crippen LogP contribution >= 0.6 is 0 Å². The van der Waals surface area contributed by atoms with Crippen LogP contribution in [-0.2, 0) is 10.0 Å². The van der Waals surface area contributed by atoms with Crippen molar-refractivity contribution in [1.29, 1.82) is 0 Å². The second-order valence-corrected chi connectivity index (χ2v) is 6.05. The van der Waals surface area contributed by atoms with Crippen LogP contribution in [0.2, 0.25) is 0 Å². The minimum Gasteiger partial charge on any atom is -0.462 e. The Hall–Kier alpha value is -1.21. The molecule has 17 heavy (non-hydrogen) atoms. The summed E-state index contributed by atoms with van der Waals surface area (Å²) in [5.74, 6) is -0.0972. The molecule has 0 saturated heterocycles. The number of hydrogen-bond acceptors (Lipinski definition) is 5. The fraction of sp³-hybridized carbons (Fsp3) is 0.600. The summed E-state index contributed by atoms with van der Waals surface area (Å²) in [6.45, 7) is 3.58. The Morgan fingerprint density at radius 1 is 1.24 bits per heavy atom. The van der Waals surface area contributed by atoms with Crippen molar-refractivity contribution >= 4 is 10.0 Å². The van der Waals surface area contributed by atoms with Crippen molar-refractivity contribution in [1.82, 2.24) is 14.3 Å². The van der Waals surface area contributed by atoms with Gasteiger partial charge < -0.3 is 4.74 Å². The van der Waals surface area contributed by atoms with E-state index in [-0.39, 0.29) is 18.4 Å². The largest absolute Gasteiger partial charge is 0.462 e. The number of ether oxygens (including phenoxy) is 1. The van der Waals surface area contributed by atoms with Gasteiger partial charge in [-0.1, -0.05) is 0 Å². The third-order valence-corrected chi connectivity index (χ3v) is 3.81. The number of aryl methyl sites for hydroxylation is 2. The second-order valence-electron chi connectivity index (χ2n) is 3.75. The van der Waals surface area contributed by atoms with E-state index in [2.05, 4.69) is 16.0 Å². The second kappa shape index (κ2) is 5.42. The molecule has 0 aliphatic rings. The summed E-state index contributed by atoms with van der Waals surface area (Å²) in [6, 6.07) is 3.09. The van der Waals surface area contributed by atoms with Crippen molar-refractivity contribution in [3.05, 3.63) is 17.5 Å². The van der Waals surface area contributed by atoms with Gasteiger partial charge >= 0.3 is 6.01 Å². The Kier molecular flexibility index (Phi) is 4.41. The van der Waals surface area contributed by atoms with Gasteiger partial charge in [-0.25, -0.2) is 12.7 Å². The highest BCUT2D eigenvalue weighted by Gasteiger charge is 2.13. The summed E-state index contributed by atoms with van der Waals surface area (Å²) in [7, 11) is -0.276. The van der Waals surface area contributed by atoms with Crippen LogP contribution in [0.5, 0.6) is 6.01 Å². The van der Waals surface area contributed by atoms with Gasteiger partial charge in [0.05, 0.1) is 17.1 Å². The predicted molar refractivity (Wildman–Crippen MR) is 63.3 cm³/mol. The number of rotatable bonds is 5. The smallest absolute Gasteiger partial charge is 0.316 e. The molecular weight excluding hydrogens is 242 g/mol. The lowest BCUT2D eigenvalue weighted by molar-refractivity contribution is 0.310. The number of sulfonamides is 1. The highest BCUT2D eigenvalue weighted by molar-refractivity contribution is 7.89. The first-order chi connectivity index (χ1) is 7.81. The van der Waals surface area contributed by atoms with Crippen LogP contribution in [0, 0.1) is 19.9 Å². The fourth-order valence-corrected chi connectivity index (χ4v) is 1.77. The molecule has 1 radical (unpaired) electrons. The average molecular weight is 258 g/mol. The Balaban J connectivity index is 2.57. The van der Waals surface area contributed by atoms with E-state index in [1.54, 1.807) is 13.8 Å². The molecule has 1 aromatic heterocycles. The van der Waals surface area contributed by atoms with E-state index in [1.807, 2.05) is 0 Å². The first-order valence-corrected chi connectivity index (χ1v) is 6.70. The summed E-state index contributed by atoms with van der Waals surface area (Å²) < 4.78 is 29.3. The van der Waals surface area contributed by atoms with Gasteiger partial charge in [-0.2, -0.15) is 9.97 Å². The maximum absolute atomic E-state index is 11.5. The van der Waals surface area contributed by atoms with Gasteiger partial charge in [0.25, 0.3) is 0 Å². The molecule has 0 aliphatic heterocycles. The molecule has 0 bridgehead atoms. The Morgan fingerprint density at radius 2 is 1.76 bits per heavy atom. The molecule has 0 N–H and O–H groups in total. The molecule has 0 saturated carbocycles. The van der Waals surface area contributed by atoms with Gasteiger partial charge in [-0.05, 0) is 13.8 Å². The van der Waals surface area contributed by atoms with Gasteiger partial charge in [-0.3, -0.25) is 0 Å². The maximum atomic E-state index is 11.5. The Labute approximate surface area is 102 Å². The third kappa shape index (κ3) is 4.27. The summed E-state index contributed by atoms with van der Waals surface area (Å²) in [6.07, 6.45) is 0. The van der Waals surface area contributed by atoms with Crippen LogP contribution in [0.3, 0.4) is 0 Å². The molecule has 1 heterocycles. The van der Waals surface area contributed by atoms with Gasteiger partial charge in [0.2, 0.25) is 10.0 Å². The zero-order valence-corrected chi connectivity index (χ0v) is 11.2. The van der Waals surface area contributed by atoms with Crippen molar-refractivity contribution in [2.75, 3.05) is 26.5 Å². The fourth-order valence-electron chi connectivity index (χ4n) is 1.12. The molecule has 0 aliphatic carbocycles. The highest BCUT2D eigenvalue weighted by atomic mass is 32.2. The van der Waals surface area contributed by atoms with E-state index < -0.39 is 10.0 Å². The SMILES string of the molecule is Cc1[c]c(C)nc(OCCS(=O)(=O)N(C)C)n1. The van der Waals surface area contributed by atoms with Gasteiger partial charge in [0.15, 0.2) is 0 Å². The van der Waals surface area contributed by atoms with Crippen LogP contribution in [0.15, 0.2) is 0 Å². The van der Waals surface area contributed by atoms with Crippen molar-refractivity contribution in [3.63, 3.8) is 0 Å². The lowest BCUT2D eigenvalue weighted by Gasteiger charge is -2.11. The van der Waals surface area contributed by atoms with Crippen LogP contribution in [0.1, 0.15) is 11.4 Å². The van der Waals surface area contributed by atoms with E-state index >= 15 is 0 Å². The lowest BCUT2D eigenvalue weighted by Crippen LogP contribution is -2.28. The number of aromatic nitrogens is 2. The van der Waals surface area contributed by atoms with Crippen molar-refractivity contribution in [2.24, 2.45) is 0 Å². The molecule has 6 nitrogen and oxygen atoms in total. The van der Waals surface area contributed by atoms with Gasteiger partial charge in [-0.15, -0.1) is 0 Å². The van der Waals surface area contributed by atoms with Crippen LogP contribution in [-0.4, -0.2) is 49.1 Å². The number of hydrogen-bond donors (Lipinski definition) is 0. The molecule has 1 rings (SSSR count). The van der Waals surface area contributed by atoms with E-state index in [1.165, 1.54) is 14.1 Å². The zero-order chi connectivity index (χ0) is 13.1. The Morgan fingerprint density at radius 3 is 2.24 bits per heavy atom. The molecular formula is C10H16N3O3S. The minimum atomic E-state index is -3.24. The first kappa shape index (κ1) is 13.9. The number of nitrogens with zero attached hydrogens (tertiary/aromatic N) is 3. The summed E-state index contributed by atoms with van der Waals surface area (Å²) in [5.41, 5.74) is 1.34. The lowest BCUT2D eigenvalue weighted by atomic mass is 10.4. The molecule has 0 aromatic carbocycles. The Bertz CT molecular complexity index is 465. The van der Waals surface area contributed by atoms with Crippen LogP contribution in [0.4, 0.5) is 0 Å². The van der Waals surface area contributed by atoms with E-state index in [9.17, 15) is 8.42 Å². The van der Waals surface area contributed by atoms with Crippen molar-refractivity contribution in [2.45, 2.75) is 13.8 Å². The van der Waals surface area contributed by atoms with Crippen LogP contribution < -0.4 is 4.74 Å². The van der Waals surface area contributed by atoms with Gasteiger partial charge in [0, 0.05) is 20.2 Å².